The maximum atomic E-state index is 12.7. The highest BCUT2D eigenvalue weighted by atomic mass is 16.5. The number of Topliss-reactive ketones (excluding diaryl/α,β-unsaturated/α-hetero) is 1. The molecule has 0 aromatic heterocycles. The Hall–Kier alpha value is -1.85. The standard InChI is InChI=1S/C26H42O5/c1-8-19(14-10-12-18(3)13-11-17-26(4,5)29)15-16-21-20(9-2)22(27)24(30-6)25(31-7)23(21)28/h9,12,15,21,23,28-29H,8,10-11,13-14,16-17H2,1-7H3/b18-12?,19-15+,20-9+. The van der Waals surface area contributed by atoms with Crippen molar-refractivity contribution in [2.45, 2.75) is 91.3 Å². The van der Waals surface area contributed by atoms with Crippen molar-refractivity contribution in [3.63, 3.8) is 0 Å². The zero-order chi connectivity index (χ0) is 23.6. The van der Waals surface area contributed by atoms with E-state index in [1.54, 1.807) is 6.08 Å². The molecule has 5 heteroatoms. The quantitative estimate of drug-likeness (QED) is 0.318. The lowest BCUT2D eigenvalue weighted by molar-refractivity contribution is -0.118. The smallest absolute Gasteiger partial charge is 0.227 e. The lowest BCUT2D eigenvalue weighted by Crippen LogP contribution is -2.36. The van der Waals surface area contributed by atoms with Crippen LogP contribution in [0.4, 0.5) is 0 Å². The largest absolute Gasteiger partial charge is 0.494 e. The van der Waals surface area contributed by atoms with Crippen molar-refractivity contribution in [1.82, 2.24) is 0 Å². The average Bonchev–Trinajstić information content (AvgIpc) is 2.70. The second-order valence-corrected chi connectivity index (χ2v) is 8.93. The van der Waals surface area contributed by atoms with Gasteiger partial charge in [0, 0.05) is 11.5 Å². The van der Waals surface area contributed by atoms with Crippen molar-refractivity contribution in [2.24, 2.45) is 5.92 Å². The van der Waals surface area contributed by atoms with Crippen LogP contribution in [0.3, 0.4) is 0 Å². The van der Waals surface area contributed by atoms with Crippen LogP contribution in [0.15, 0.2) is 46.5 Å². The fourth-order valence-corrected chi connectivity index (χ4v) is 4.03. The van der Waals surface area contributed by atoms with E-state index in [1.807, 2.05) is 20.8 Å². The zero-order valence-corrected chi connectivity index (χ0v) is 20.5. The maximum absolute atomic E-state index is 12.7. The molecule has 0 aromatic carbocycles. The van der Waals surface area contributed by atoms with E-state index in [9.17, 15) is 15.0 Å². The molecular weight excluding hydrogens is 392 g/mol. The van der Waals surface area contributed by atoms with Gasteiger partial charge in [-0.2, -0.15) is 0 Å². The summed E-state index contributed by atoms with van der Waals surface area (Å²) < 4.78 is 10.5. The van der Waals surface area contributed by atoms with Crippen LogP contribution in [0.1, 0.15) is 79.6 Å². The third-order valence-electron chi connectivity index (χ3n) is 5.91. The van der Waals surface area contributed by atoms with Gasteiger partial charge in [0.2, 0.25) is 11.5 Å². The molecule has 0 spiro atoms. The summed E-state index contributed by atoms with van der Waals surface area (Å²) in [5.74, 6) is -0.261. The minimum absolute atomic E-state index is 0.0873. The van der Waals surface area contributed by atoms with Gasteiger partial charge in [-0.3, -0.25) is 4.79 Å². The van der Waals surface area contributed by atoms with Gasteiger partial charge in [-0.25, -0.2) is 0 Å². The summed E-state index contributed by atoms with van der Waals surface area (Å²) in [6.07, 6.45) is 11.5. The molecule has 2 N–H and O–H groups in total. The molecule has 0 saturated heterocycles. The van der Waals surface area contributed by atoms with Crippen molar-refractivity contribution >= 4 is 5.78 Å². The van der Waals surface area contributed by atoms with Gasteiger partial charge >= 0.3 is 0 Å². The van der Waals surface area contributed by atoms with E-state index in [0.717, 1.165) is 38.5 Å². The number of allylic oxidation sites excluding steroid dienone is 6. The summed E-state index contributed by atoms with van der Waals surface area (Å²) in [4.78, 5) is 12.7. The fourth-order valence-electron chi connectivity index (χ4n) is 4.03. The molecule has 2 unspecified atom stereocenters. The van der Waals surface area contributed by atoms with Crippen LogP contribution in [-0.4, -0.2) is 41.9 Å². The van der Waals surface area contributed by atoms with E-state index in [-0.39, 0.29) is 23.2 Å². The van der Waals surface area contributed by atoms with E-state index < -0.39 is 11.7 Å². The lowest BCUT2D eigenvalue weighted by Gasteiger charge is -2.31. The molecule has 31 heavy (non-hydrogen) atoms. The average molecular weight is 435 g/mol. The first kappa shape index (κ1) is 27.2. The van der Waals surface area contributed by atoms with Gasteiger partial charge < -0.3 is 19.7 Å². The third kappa shape index (κ3) is 8.30. The molecule has 1 rings (SSSR count). The molecule has 2 atom stereocenters. The highest BCUT2D eigenvalue weighted by Gasteiger charge is 2.40. The molecule has 0 fully saturated rings. The van der Waals surface area contributed by atoms with E-state index in [0.29, 0.717) is 12.0 Å². The lowest BCUT2D eigenvalue weighted by atomic mass is 9.80. The van der Waals surface area contributed by atoms with E-state index >= 15 is 0 Å². The molecule has 176 valence electrons. The number of aliphatic hydroxyl groups is 2. The van der Waals surface area contributed by atoms with Crippen molar-refractivity contribution in [3.8, 4) is 0 Å². The molecule has 1 aliphatic carbocycles. The Labute approximate surface area is 188 Å². The number of ether oxygens (including phenoxy) is 2. The van der Waals surface area contributed by atoms with Crippen LogP contribution in [-0.2, 0) is 14.3 Å². The summed E-state index contributed by atoms with van der Waals surface area (Å²) in [7, 11) is 2.87. The van der Waals surface area contributed by atoms with E-state index in [1.165, 1.54) is 25.4 Å². The van der Waals surface area contributed by atoms with Gasteiger partial charge in [0.25, 0.3) is 0 Å². The predicted octanol–water partition coefficient (Wildman–Crippen LogP) is 5.39. The van der Waals surface area contributed by atoms with Gasteiger partial charge in [-0.05, 0) is 72.6 Å². The Bertz CT molecular complexity index is 719. The van der Waals surface area contributed by atoms with Crippen LogP contribution in [0.2, 0.25) is 0 Å². The molecule has 1 aliphatic rings. The summed E-state index contributed by atoms with van der Waals surface area (Å²) in [6, 6.07) is 0. The zero-order valence-electron chi connectivity index (χ0n) is 20.5. The van der Waals surface area contributed by atoms with Crippen molar-refractivity contribution in [1.29, 1.82) is 0 Å². The molecule has 0 aliphatic heterocycles. The first-order valence-electron chi connectivity index (χ1n) is 11.4. The number of ketones is 1. The number of hydrogen-bond acceptors (Lipinski definition) is 5. The topological polar surface area (TPSA) is 76.0 Å². The highest BCUT2D eigenvalue weighted by Crippen LogP contribution is 2.35. The molecule has 0 saturated carbocycles. The molecule has 0 bridgehead atoms. The van der Waals surface area contributed by atoms with Gasteiger partial charge in [-0.1, -0.05) is 36.3 Å². The Balaban J connectivity index is 2.78. The number of rotatable bonds is 12. The molecule has 0 aromatic rings. The van der Waals surface area contributed by atoms with Crippen molar-refractivity contribution in [2.75, 3.05) is 14.2 Å². The Morgan fingerprint density at radius 1 is 1.16 bits per heavy atom. The van der Waals surface area contributed by atoms with Gasteiger partial charge in [-0.15, -0.1) is 0 Å². The van der Waals surface area contributed by atoms with Crippen molar-refractivity contribution in [3.05, 3.63) is 46.5 Å². The molecule has 0 radical (unpaired) electrons. The SMILES string of the molecule is C/C=C1/C(=O)C(OC)=C(OC)C(O)C1C/C=C(\CC)CCC=C(C)CCCC(C)(C)O. The number of carbonyl (C=O) groups excluding carboxylic acids is 1. The molecule has 0 amide bonds. The van der Waals surface area contributed by atoms with Crippen LogP contribution in [0.5, 0.6) is 0 Å². The minimum atomic E-state index is -0.906. The minimum Gasteiger partial charge on any atom is -0.494 e. The molecular formula is C26H42O5. The second-order valence-electron chi connectivity index (χ2n) is 8.93. The van der Waals surface area contributed by atoms with Crippen LogP contribution in [0.25, 0.3) is 0 Å². The number of carbonyl (C=O) groups is 1. The Morgan fingerprint density at radius 2 is 1.84 bits per heavy atom. The number of hydrogen-bond donors (Lipinski definition) is 2. The van der Waals surface area contributed by atoms with Crippen LogP contribution < -0.4 is 0 Å². The summed E-state index contributed by atoms with van der Waals surface area (Å²) in [5, 5.41) is 20.6. The normalized spacial score (nSPS) is 22.4. The predicted molar refractivity (Wildman–Crippen MR) is 125 cm³/mol. The first-order chi connectivity index (χ1) is 14.6. The molecule has 0 heterocycles. The number of aliphatic hydroxyl groups excluding tert-OH is 1. The van der Waals surface area contributed by atoms with Gasteiger partial charge in [0.15, 0.2) is 5.76 Å². The maximum Gasteiger partial charge on any atom is 0.227 e. The molecule has 5 nitrogen and oxygen atoms in total. The van der Waals surface area contributed by atoms with E-state index in [4.69, 9.17) is 9.47 Å². The number of methoxy groups -OCH3 is 2. The van der Waals surface area contributed by atoms with Gasteiger partial charge in [0.05, 0.1) is 19.8 Å². The summed E-state index contributed by atoms with van der Waals surface area (Å²) >= 11 is 0. The second kappa shape index (κ2) is 12.9. The fraction of sp³-hybridized carbons (Fsp3) is 0.654. The Morgan fingerprint density at radius 3 is 2.35 bits per heavy atom. The monoisotopic (exact) mass is 434 g/mol. The van der Waals surface area contributed by atoms with Crippen molar-refractivity contribution < 1.29 is 24.5 Å². The Kier molecular flexibility index (Phi) is 11.3. The van der Waals surface area contributed by atoms with Crippen LogP contribution in [0, 0.1) is 5.92 Å². The summed E-state index contributed by atoms with van der Waals surface area (Å²) in [5.41, 5.74) is 2.64. The third-order valence-corrected chi connectivity index (χ3v) is 5.91. The van der Waals surface area contributed by atoms with E-state index in [2.05, 4.69) is 26.0 Å². The summed E-state index contributed by atoms with van der Waals surface area (Å²) in [6.45, 7) is 9.79. The van der Waals surface area contributed by atoms with Crippen LogP contribution >= 0.6 is 0 Å². The first-order valence-corrected chi connectivity index (χ1v) is 11.4. The van der Waals surface area contributed by atoms with Gasteiger partial charge in [0.1, 0.15) is 6.10 Å². The highest BCUT2D eigenvalue weighted by molar-refractivity contribution is 6.08.